The summed E-state index contributed by atoms with van der Waals surface area (Å²) in [7, 11) is 0. The average Bonchev–Trinajstić information content (AvgIpc) is 2.69. The van der Waals surface area contributed by atoms with Crippen molar-refractivity contribution in [2.24, 2.45) is 0 Å². The zero-order chi connectivity index (χ0) is 22.1. The Balaban J connectivity index is 2.01. The van der Waals surface area contributed by atoms with Gasteiger partial charge >= 0.3 is 12.1 Å². The Morgan fingerprint density at radius 3 is 2.33 bits per heavy atom. The van der Waals surface area contributed by atoms with Crippen LogP contribution in [-0.2, 0) is 15.7 Å². The predicted octanol–water partition coefficient (Wildman–Crippen LogP) is 4.72. The molecule has 30 heavy (non-hydrogen) atoms. The minimum Gasteiger partial charge on any atom is -0.485 e. The fourth-order valence-corrected chi connectivity index (χ4v) is 2.41. The molecule has 6 nitrogen and oxygen atoms in total. The third kappa shape index (κ3) is 6.98. The second-order valence-corrected chi connectivity index (χ2v) is 6.10. The van der Waals surface area contributed by atoms with Gasteiger partial charge in [0.25, 0.3) is 0 Å². The molecule has 0 aliphatic heterocycles. The molecule has 0 bridgehead atoms. The topological polar surface area (TPSA) is 69.7 Å². The van der Waals surface area contributed by atoms with E-state index < -0.39 is 23.8 Å². The first kappa shape index (κ1) is 23.1. The Morgan fingerprint density at radius 1 is 1.13 bits per heavy atom. The maximum atomic E-state index is 12.6. The third-order valence-corrected chi connectivity index (χ3v) is 3.80. The number of carbonyl (C=O) groups excluding carboxylic acids is 1. The molecule has 0 aliphatic carbocycles. The van der Waals surface area contributed by atoms with Crippen molar-refractivity contribution in [1.82, 2.24) is 10.3 Å². The number of aromatic nitrogens is 1. The lowest BCUT2D eigenvalue weighted by molar-refractivity contribution is -0.138. The summed E-state index contributed by atoms with van der Waals surface area (Å²) < 4.78 is 53.9. The second kappa shape index (κ2) is 10.5. The number of pyridine rings is 1. The van der Waals surface area contributed by atoms with Crippen LogP contribution in [0.1, 0.15) is 26.3 Å². The summed E-state index contributed by atoms with van der Waals surface area (Å²) in [5.41, 5.74) is -0.273. The number of carbonyl (C=O) groups is 1. The number of nitrogens with zero attached hydrogens (tertiary/aromatic N) is 1. The van der Waals surface area contributed by atoms with Crippen LogP contribution in [0.3, 0.4) is 0 Å². The van der Waals surface area contributed by atoms with E-state index in [-0.39, 0.29) is 12.5 Å². The maximum Gasteiger partial charge on any atom is 0.417 e. The Morgan fingerprint density at radius 2 is 1.80 bits per heavy atom. The molecule has 0 fully saturated rings. The van der Waals surface area contributed by atoms with Crippen LogP contribution in [0.25, 0.3) is 0 Å². The number of likely N-dealkylation sites (N-methyl/N-ethyl adjacent to an activating group) is 1. The summed E-state index contributed by atoms with van der Waals surface area (Å²) in [5, 5.41) is 3.07. The molecule has 0 radical (unpaired) electrons. The monoisotopic (exact) mass is 424 g/mol. The summed E-state index contributed by atoms with van der Waals surface area (Å²) in [6, 6.07) is 8.54. The van der Waals surface area contributed by atoms with Crippen molar-refractivity contribution in [1.29, 1.82) is 0 Å². The van der Waals surface area contributed by atoms with Crippen molar-refractivity contribution in [3.8, 4) is 17.4 Å². The van der Waals surface area contributed by atoms with Crippen LogP contribution < -0.4 is 14.8 Å². The molecule has 0 saturated heterocycles. The van der Waals surface area contributed by atoms with Crippen LogP contribution in [-0.4, -0.2) is 30.2 Å². The van der Waals surface area contributed by atoms with Gasteiger partial charge in [-0.2, -0.15) is 13.2 Å². The average molecular weight is 424 g/mol. The highest BCUT2D eigenvalue weighted by atomic mass is 19.4. The molecule has 0 spiro atoms. The summed E-state index contributed by atoms with van der Waals surface area (Å²) in [6.07, 6.45) is -2.83. The lowest BCUT2D eigenvalue weighted by atomic mass is 10.2. The van der Waals surface area contributed by atoms with Crippen LogP contribution in [0.15, 0.2) is 54.4 Å². The predicted molar refractivity (Wildman–Crippen MR) is 104 cm³/mol. The molecule has 0 saturated carbocycles. The Kier molecular flexibility index (Phi) is 8.08. The zero-order valence-electron chi connectivity index (χ0n) is 16.8. The first-order valence-corrected chi connectivity index (χ1v) is 9.33. The lowest BCUT2D eigenvalue weighted by Crippen LogP contribution is -2.27. The van der Waals surface area contributed by atoms with Gasteiger partial charge in [-0.15, -0.1) is 0 Å². The number of hydrogen-bond donors (Lipinski definition) is 1. The molecule has 2 rings (SSSR count). The smallest absolute Gasteiger partial charge is 0.417 e. The van der Waals surface area contributed by atoms with Crippen molar-refractivity contribution in [2.75, 3.05) is 13.2 Å². The molecule has 0 amide bonds. The van der Waals surface area contributed by atoms with Crippen molar-refractivity contribution in [3.05, 3.63) is 59.9 Å². The molecule has 162 valence electrons. The van der Waals surface area contributed by atoms with Gasteiger partial charge < -0.3 is 19.5 Å². The summed E-state index contributed by atoms with van der Waals surface area (Å²) in [5.74, 6) is 0.479. The zero-order valence-corrected chi connectivity index (χ0v) is 16.8. The first-order chi connectivity index (χ1) is 14.2. The molecule has 9 heteroatoms. The molecule has 0 aliphatic rings. The number of nitrogens with one attached hydrogen (secondary N) is 1. The third-order valence-electron chi connectivity index (χ3n) is 3.80. The Hall–Kier alpha value is -3.23. The van der Waals surface area contributed by atoms with Crippen LogP contribution in [0.2, 0.25) is 0 Å². The van der Waals surface area contributed by atoms with E-state index in [4.69, 9.17) is 14.2 Å². The quantitative estimate of drug-likeness (QED) is 0.464. The molecule has 1 atom stereocenters. The number of rotatable bonds is 9. The van der Waals surface area contributed by atoms with E-state index in [0.29, 0.717) is 29.9 Å². The highest BCUT2D eigenvalue weighted by Crippen LogP contribution is 2.30. The van der Waals surface area contributed by atoms with Crippen LogP contribution in [0.4, 0.5) is 13.2 Å². The Labute approximate surface area is 172 Å². The normalized spacial score (nSPS) is 12.8. The van der Waals surface area contributed by atoms with Gasteiger partial charge in [0, 0.05) is 24.9 Å². The molecule has 1 N–H and O–H groups in total. The largest absolute Gasteiger partial charge is 0.485 e. The minimum absolute atomic E-state index is 0.0387. The minimum atomic E-state index is -4.45. The number of halogens is 3. The van der Waals surface area contributed by atoms with Gasteiger partial charge in [-0.1, -0.05) is 0 Å². The van der Waals surface area contributed by atoms with Crippen LogP contribution in [0, 0.1) is 0 Å². The fourth-order valence-electron chi connectivity index (χ4n) is 2.41. The van der Waals surface area contributed by atoms with E-state index in [9.17, 15) is 18.0 Å². The second-order valence-electron chi connectivity index (χ2n) is 6.10. The summed E-state index contributed by atoms with van der Waals surface area (Å²) in [6.45, 7) is 6.28. The Bertz CT molecular complexity index is 850. The molecule has 1 aromatic heterocycles. The first-order valence-electron chi connectivity index (χ1n) is 9.33. The van der Waals surface area contributed by atoms with Gasteiger partial charge in [0.1, 0.15) is 17.6 Å². The van der Waals surface area contributed by atoms with Crippen LogP contribution >= 0.6 is 0 Å². The number of alkyl halides is 3. The maximum absolute atomic E-state index is 12.6. The SMILES string of the molecule is CCNC(=CC(=O)OCC)C(C)Oc1ccc(Oc2ccc(C(F)(F)F)cn2)cc1. The summed E-state index contributed by atoms with van der Waals surface area (Å²) >= 11 is 0. The van der Waals surface area contributed by atoms with Crippen molar-refractivity contribution in [2.45, 2.75) is 33.1 Å². The van der Waals surface area contributed by atoms with Gasteiger partial charge in [-0.05, 0) is 51.1 Å². The van der Waals surface area contributed by atoms with Gasteiger partial charge in [0.15, 0.2) is 0 Å². The molecule has 2 aromatic rings. The van der Waals surface area contributed by atoms with Crippen molar-refractivity contribution in [3.63, 3.8) is 0 Å². The van der Waals surface area contributed by atoms with Crippen molar-refractivity contribution >= 4 is 5.97 Å². The van der Waals surface area contributed by atoms with E-state index in [1.54, 1.807) is 38.1 Å². The van der Waals surface area contributed by atoms with Crippen LogP contribution in [0.5, 0.6) is 17.4 Å². The number of ether oxygens (including phenoxy) is 3. The fraction of sp³-hybridized carbons (Fsp3) is 0.333. The van der Waals surface area contributed by atoms with E-state index in [1.165, 1.54) is 6.08 Å². The van der Waals surface area contributed by atoms with Gasteiger partial charge in [-0.3, -0.25) is 0 Å². The number of esters is 1. The standard InChI is InChI=1S/C21H23F3N2O4/c1-4-25-18(12-20(27)28-5-2)14(3)29-16-7-9-17(10-8-16)30-19-11-6-15(13-26-19)21(22,23)24/h6-14,25H,4-5H2,1-3H3. The van der Waals surface area contributed by atoms with Gasteiger partial charge in [0.05, 0.1) is 17.9 Å². The van der Waals surface area contributed by atoms with Gasteiger partial charge in [0.2, 0.25) is 5.88 Å². The van der Waals surface area contributed by atoms with E-state index in [0.717, 1.165) is 12.1 Å². The van der Waals surface area contributed by atoms with E-state index in [2.05, 4.69) is 10.3 Å². The highest BCUT2D eigenvalue weighted by molar-refractivity contribution is 5.82. The molecule has 1 unspecified atom stereocenters. The molecule has 1 aromatic carbocycles. The lowest BCUT2D eigenvalue weighted by Gasteiger charge is -2.19. The summed E-state index contributed by atoms with van der Waals surface area (Å²) in [4.78, 5) is 15.4. The molecular formula is C21H23F3N2O4. The van der Waals surface area contributed by atoms with E-state index in [1.807, 2.05) is 6.92 Å². The molecular weight excluding hydrogens is 401 g/mol. The number of benzene rings is 1. The number of hydrogen-bond acceptors (Lipinski definition) is 6. The molecule has 1 heterocycles. The van der Waals surface area contributed by atoms with Crippen molar-refractivity contribution < 1.29 is 32.2 Å². The highest BCUT2D eigenvalue weighted by Gasteiger charge is 2.30. The van der Waals surface area contributed by atoms with E-state index >= 15 is 0 Å². The van der Waals surface area contributed by atoms with Gasteiger partial charge in [-0.25, -0.2) is 9.78 Å².